The Bertz CT molecular complexity index is 1690. The van der Waals surface area contributed by atoms with Crippen molar-refractivity contribution in [2.75, 3.05) is 7.11 Å². The molecule has 0 atom stereocenters. The molecule has 0 amide bonds. The van der Waals surface area contributed by atoms with Gasteiger partial charge < -0.3 is 9.72 Å². The van der Waals surface area contributed by atoms with Gasteiger partial charge in [0.25, 0.3) is 0 Å². The topological polar surface area (TPSA) is 92.4 Å². The monoisotopic (exact) mass is 450 g/mol. The van der Waals surface area contributed by atoms with Gasteiger partial charge in [-0.3, -0.25) is 15.1 Å². The van der Waals surface area contributed by atoms with E-state index in [0.717, 1.165) is 44.4 Å². The van der Waals surface area contributed by atoms with Crippen LogP contribution in [-0.2, 0) is 0 Å². The van der Waals surface area contributed by atoms with Gasteiger partial charge in [-0.2, -0.15) is 5.10 Å². The molecule has 0 saturated carbocycles. The molecule has 0 radical (unpaired) electrons. The van der Waals surface area contributed by atoms with Crippen LogP contribution in [0.5, 0.6) is 5.75 Å². The number of benzene rings is 1. The van der Waals surface area contributed by atoms with Crippen molar-refractivity contribution in [3.05, 3.63) is 78.6 Å². The summed E-state index contributed by atoms with van der Waals surface area (Å²) < 4.78 is 19.4. The molecule has 2 N–H and O–H groups in total. The molecule has 7 nitrogen and oxygen atoms in total. The fraction of sp³-hybridized carbons (Fsp3) is 0.0769. The van der Waals surface area contributed by atoms with Gasteiger partial charge in [-0.05, 0) is 48.9 Å². The van der Waals surface area contributed by atoms with Crippen molar-refractivity contribution in [1.29, 1.82) is 0 Å². The lowest BCUT2D eigenvalue weighted by molar-refractivity contribution is 0.411. The first-order valence-electron chi connectivity index (χ1n) is 10.7. The number of pyridine rings is 3. The van der Waals surface area contributed by atoms with E-state index < -0.39 is 0 Å². The van der Waals surface area contributed by atoms with Crippen LogP contribution in [-0.4, -0.2) is 37.2 Å². The number of nitrogens with zero attached hydrogens (tertiary/aromatic N) is 4. The zero-order valence-corrected chi connectivity index (χ0v) is 18.4. The van der Waals surface area contributed by atoms with Crippen LogP contribution in [0.1, 0.15) is 5.56 Å². The molecule has 0 unspecified atom stereocenters. The van der Waals surface area contributed by atoms with Crippen LogP contribution in [0.3, 0.4) is 0 Å². The third-order valence-electron chi connectivity index (χ3n) is 5.96. The number of methoxy groups -OCH3 is 1. The summed E-state index contributed by atoms with van der Waals surface area (Å²) >= 11 is 0. The first kappa shape index (κ1) is 20.0. The van der Waals surface area contributed by atoms with Gasteiger partial charge in [-0.25, -0.2) is 9.37 Å². The molecule has 0 spiro atoms. The molecule has 5 aromatic heterocycles. The standard InChI is InChI=1S/C26H19FN6O/c1-14-3-5-28-13-21(14)16-9-20-25(32-33-26(20)30-12-16)23-11-19-22(31-23)4-6-29-24(19)15-7-17(27)10-18(8-15)34-2/h3-13,31H,1-2H3,(H,30,32,33). The van der Waals surface area contributed by atoms with Gasteiger partial charge in [0.2, 0.25) is 0 Å². The minimum absolute atomic E-state index is 0.382. The van der Waals surface area contributed by atoms with Crippen molar-refractivity contribution in [3.8, 4) is 39.5 Å². The highest BCUT2D eigenvalue weighted by Gasteiger charge is 2.16. The molecule has 0 fully saturated rings. The molecule has 5 heterocycles. The molecule has 34 heavy (non-hydrogen) atoms. The molecule has 0 saturated heterocycles. The van der Waals surface area contributed by atoms with E-state index in [2.05, 4.69) is 36.2 Å². The summed E-state index contributed by atoms with van der Waals surface area (Å²) in [7, 11) is 1.51. The number of hydrogen-bond donors (Lipinski definition) is 2. The second-order valence-corrected chi connectivity index (χ2v) is 8.07. The van der Waals surface area contributed by atoms with Crippen molar-refractivity contribution < 1.29 is 9.13 Å². The third kappa shape index (κ3) is 3.27. The maximum atomic E-state index is 14.2. The van der Waals surface area contributed by atoms with E-state index in [-0.39, 0.29) is 5.82 Å². The van der Waals surface area contributed by atoms with Crippen LogP contribution >= 0.6 is 0 Å². The van der Waals surface area contributed by atoms with E-state index >= 15 is 0 Å². The number of nitrogens with one attached hydrogen (secondary N) is 2. The highest BCUT2D eigenvalue weighted by Crippen LogP contribution is 2.35. The fourth-order valence-corrected chi connectivity index (χ4v) is 4.25. The number of fused-ring (bicyclic) bond motifs is 2. The Morgan fingerprint density at radius 3 is 2.68 bits per heavy atom. The summed E-state index contributed by atoms with van der Waals surface area (Å²) in [5, 5.41) is 9.24. The summed E-state index contributed by atoms with van der Waals surface area (Å²) in [4.78, 5) is 16.8. The highest BCUT2D eigenvalue weighted by molar-refractivity contribution is 6.00. The van der Waals surface area contributed by atoms with Crippen molar-refractivity contribution >= 4 is 21.9 Å². The molecular formula is C26H19FN6O. The zero-order chi connectivity index (χ0) is 23.2. The molecule has 166 valence electrons. The minimum atomic E-state index is -0.382. The second-order valence-electron chi connectivity index (χ2n) is 8.07. The Balaban J connectivity index is 1.51. The summed E-state index contributed by atoms with van der Waals surface area (Å²) in [5.41, 5.74) is 7.53. The Labute approximate surface area is 193 Å². The van der Waals surface area contributed by atoms with Gasteiger partial charge in [0, 0.05) is 63.8 Å². The first-order valence-corrected chi connectivity index (χ1v) is 10.7. The number of ether oxygens (including phenoxy) is 1. The lowest BCUT2D eigenvalue weighted by Gasteiger charge is -2.06. The number of rotatable bonds is 4. The lowest BCUT2D eigenvalue weighted by atomic mass is 10.0. The van der Waals surface area contributed by atoms with E-state index in [9.17, 15) is 4.39 Å². The second kappa shape index (κ2) is 7.77. The molecule has 0 aliphatic rings. The largest absolute Gasteiger partial charge is 0.497 e. The van der Waals surface area contributed by atoms with E-state index in [1.54, 1.807) is 18.5 Å². The minimum Gasteiger partial charge on any atom is -0.497 e. The molecule has 1 aromatic carbocycles. The number of aromatic nitrogens is 6. The number of aromatic amines is 2. The average molecular weight is 450 g/mol. The number of H-pyrrole nitrogens is 2. The van der Waals surface area contributed by atoms with Gasteiger partial charge in [0.1, 0.15) is 11.6 Å². The van der Waals surface area contributed by atoms with Crippen LogP contribution in [0.4, 0.5) is 4.39 Å². The molecule has 6 aromatic rings. The predicted octanol–water partition coefficient (Wildman–Crippen LogP) is 5.69. The Kier molecular flexibility index (Phi) is 4.58. The van der Waals surface area contributed by atoms with Crippen LogP contribution in [0.25, 0.3) is 55.7 Å². The third-order valence-corrected chi connectivity index (χ3v) is 5.96. The maximum absolute atomic E-state index is 14.2. The van der Waals surface area contributed by atoms with Gasteiger partial charge >= 0.3 is 0 Å². The normalized spacial score (nSPS) is 11.4. The van der Waals surface area contributed by atoms with Gasteiger partial charge in [0.05, 0.1) is 24.2 Å². The average Bonchev–Trinajstić information content (AvgIpc) is 3.47. The molecule has 6 rings (SSSR count). The molecule has 0 bridgehead atoms. The Hall–Kier alpha value is -4.59. The fourth-order valence-electron chi connectivity index (χ4n) is 4.25. The lowest BCUT2D eigenvalue weighted by Crippen LogP contribution is -1.89. The van der Waals surface area contributed by atoms with Crippen molar-refractivity contribution in [2.45, 2.75) is 6.92 Å². The van der Waals surface area contributed by atoms with Gasteiger partial charge in [-0.15, -0.1) is 0 Å². The van der Waals surface area contributed by atoms with Gasteiger partial charge in [0.15, 0.2) is 5.65 Å². The quantitative estimate of drug-likeness (QED) is 0.360. The van der Waals surface area contributed by atoms with Crippen molar-refractivity contribution in [1.82, 2.24) is 30.1 Å². The van der Waals surface area contributed by atoms with E-state index in [1.165, 1.54) is 19.2 Å². The molecular weight excluding hydrogens is 431 g/mol. The number of aryl methyl sites for hydroxylation is 1. The van der Waals surface area contributed by atoms with Crippen molar-refractivity contribution in [3.63, 3.8) is 0 Å². The Morgan fingerprint density at radius 1 is 0.912 bits per heavy atom. The predicted molar refractivity (Wildman–Crippen MR) is 129 cm³/mol. The zero-order valence-electron chi connectivity index (χ0n) is 18.4. The first-order chi connectivity index (χ1) is 16.6. The Morgan fingerprint density at radius 2 is 1.82 bits per heavy atom. The van der Waals surface area contributed by atoms with E-state index in [0.29, 0.717) is 22.7 Å². The van der Waals surface area contributed by atoms with Crippen LogP contribution in [0.2, 0.25) is 0 Å². The summed E-state index contributed by atoms with van der Waals surface area (Å²) in [6.45, 7) is 2.05. The van der Waals surface area contributed by atoms with Crippen molar-refractivity contribution in [2.24, 2.45) is 0 Å². The summed E-state index contributed by atoms with van der Waals surface area (Å²) in [6.07, 6.45) is 7.12. The summed E-state index contributed by atoms with van der Waals surface area (Å²) in [5.74, 6) is 0.0567. The highest BCUT2D eigenvalue weighted by atomic mass is 19.1. The number of hydrogen-bond acceptors (Lipinski definition) is 5. The van der Waals surface area contributed by atoms with Crippen LogP contribution < -0.4 is 4.74 Å². The molecule has 8 heteroatoms. The molecule has 0 aliphatic heterocycles. The maximum Gasteiger partial charge on any atom is 0.181 e. The van der Waals surface area contributed by atoms with Crippen LogP contribution in [0, 0.1) is 12.7 Å². The smallest absolute Gasteiger partial charge is 0.181 e. The van der Waals surface area contributed by atoms with Crippen LogP contribution in [0.15, 0.2) is 67.3 Å². The van der Waals surface area contributed by atoms with E-state index in [1.807, 2.05) is 37.5 Å². The molecule has 0 aliphatic carbocycles. The SMILES string of the molecule is COc1cc(F)cc(-c2nccc3[nH]c(-c4[nH]nc5ncc(-c6cnccc6C)cc45)cc23)c1. The summed E-state index contributed by atoms with van der Waals surface area (Å²) in [6, 6.07) is 12.5. The van der Waals surface area contributed by atoms with Gasteiger partial charge in [-0.1, -0.05) is 0 Å². The van der Waals surface area contributed by atoms with E-state index in [4.69, 9.17) is 4.74 Å². The number of halogens is 1.